The van der Waals surface area contributed by atoms with Gasteiger partial charge in [0.1, 0.15) is 22.4 Å². The number of methoxy groups -OCH3 is 2. The highest BCUT2D eigenvalue weighted by Gasteiger charge is 2.12. The van der Waals surface area contributed by atoms with E-state index in [9.17, 15) is 5.26 Å². The number of hydrogen-bond acceptors (Lipinski definition) is 7. The van der Waals surface area contributed by atoms with Gasteiger partial charge in [0.05, 0.1) is 32.2 Å². The van der Waals surface area contributed by atoms with Crippen LogP contribution in [0.15, 0.2) is 54.0 Å². The average Bonchev–Trinajstić information content (AvgIpc) is 3.25. The summed E-state index contributed by atoms with van der Waals surface area (Å²) in [6.07, 6.45) is 1.65. The van der Waals surface area contributed by atoms with Gasteiger partial charge < -0.3 is 19.5 Å². The molecule has 0 bridgehead atoms. The van der Waals surface area contributed by atoms with Crippen LogP contribution in [0, 0.1) is 11.3 Å². The maximum Gasteiger partial charge on any atom is 0.161 e. The summed E-state index contributed by atoms with van der Waals surface area (Å²) in [6, 6.07) is 15.4. The zero-order valence-electron chi connectivity index (χ0n) is 16.4. The van der Waals surface area contributed by atoms with Gasteiger partial charge in [-0.3, -0.25) is 0 Å². The van der Waals surface area contributed by atoms with Crippen LogP contribution in [0.1, 0.15) is 11.9 Å². The molecule has 7 heteroatoms. The molecule has 0 aliphatic heterocycles. The van der Waals surface area contributed by atoms with Crippen molar-refractivity contribution in [1.29, 1.82) is 5.26 Å². The van der Waals surface area contributed by atoms with Crippen LogP contribution in [-0.2, 0) is 0 Å². The zero-order chi connectivity index (χ0) is 20.6. The molecule has 0 saturated carbocycles. The second-order valence-corrected chi connectivity index (χ2v) is 6.71. The summed E-state index contributed by atoms with van der Waals surface area (Å²) < 4.78 is 16.2. The lowest BCUT2D eigenvalue weighted by atomic mass is 10.1. The van der Waals surface area contributed by atoms with Crippen molar-refractivity contribution in [3.8, 4) is 34.6 Å². The number of nitrogens with zero attached hydrogens (tertiary/aromatic N) is 2. The predicted molar refractivity (Wildman–Crippen MR) is 115 cm³/mol. The standard InChI is InChI=1S/C22H21N3O3S/c1-4-28-19-8-6-5-7-17(19)24-13-16(12-23)22-25-18(14-29-22)15-9-10-20(26-2)21(11-15)27-3/h5-11,13-14,24H,4H2,1-3H3/b16-13+. The van der Waals surface area contributed by atoms with E-state index >= 15 is 0 Å². The van der Waals surface area contributed by atoms with E-state index in [4.69, 9.17) is 14.2 Å². The average molecular weight is 407 g/mol. The molecule has 0 aliphatic rings. The SMILES string of the molecule is CCOc1ccccc1N/C=C(\C#N)c1nc(-c2ccc(OC)c(OC)c2)cs1. The van der Waals surface area contributed by atoms with Gasteiger partial charge in [0.15, 0.2) is 11.5 Å². The van der Waals surface area contributed by atoms with Gasteiger partial charge in [0.2, 0.25) is 0 Å². The highest BCUT2D eigenvalue weighted by molar-refractivity contribution is 7.11. The number of nitriles is 1. The molecule has 0 fully saturated rings. The van der Waals surface area contributed by atoms with Crippen molar-refractivity contribution in [2.45, 2.75) is 6.92 Å². The van der Waals surface area contributed by atoms with Gasteiger partial charge in [-0.2, -0.15) is 5.26 Å². The molecule has 6 nitrogen and oxygen atoms in total. The van der Waals surface area contributed by atoms with Crippen molar-refractivity contribution >= 4 is 22.6 Å². The molecule has 1 aromatic heterocycles. The predicted octanol–water partition coefficient (Wildman–Crippen LogP) is 5.20. The Kier molecular flexibility index (Phi) is 6.72. The van der Waals surface area contributed by atoms with Crippen molar-refractivity contribution in [2.24, 2.45) is 0 Å². The van der Waals surface area contributed by atoms with E-state index in [1.165, 1.54) is 11.3 Å². The van der Waals surface area contributed by atoms with Crippen LogP contribution in [0.5, 0.6) is 17.2 Å². The van der Waals surface area contributed by atoms with Gasteiger partial charge in [-0.25, -0.2) is 4.98 Å². The Balaban J connectivity index is 1.85. The summed E-state index contributed by atoms with van der Waals surface area (Å²) in [6.45, 7) is 2.49. The summed E-state index contributed by atoms with van der Waals surface area (Å²) >= 11 is 1.40. The van der Waals surface area contributed by atoms with E-state index in [1.54, 1.807) is 20.4 Å². The molecule has 3 aromatic rings. The molecule has 0 radical (unpaired) electrons. The fourth-order valence-electron chi connectivity index (χ4n) is 2.68. The zero-order valence-corrected chi connectivity index (χ0v) is 17.2. The lowest BCUT2D eigenvalue weighted by Crippen LogP contribution is -1.97. The molecular formula is C22H21N3O3S. The van der Waals surface area contributed by atoms with Crippen molar-refractivity contribution in [1.82, 2.24) is 4.98 Å². The first kappa shape index (κ1) is 20.2. The minimum atomic E-state index is 0.438. The Labute approximate surface area is 174 Å². The number of rotatable bonds is 8. The first-order valence-electron chi connectivity index (χ1n) is 8.97. The van der Waals surface area contributed by atoms with Crippen LogP contribution < -0.4 is 19.5 Å². The molecule has 0 spiro atoms. The topological polar surface area (TPSA) is 76.4 Å². The molecule has 2 aromatic carbocycles. The Hall–Kier alpha value is -3.50. The quantitative estimate of drug-likeness (QED) is 0.517. The minimum absolute atomic E-state index is 0.438. The molecule has 1 N–H and O–H groups in total. The van der Waals surface area contributed by atoms with E-state index in [0.29, 0.717) is 28.7 Å². The maximum absolute atomic E-state index is 9.60. The van der Waals surface area contributed by atoms with Gasteiger partial charge in [-0.1, -0.05) is 12.1 Å². The van der Waals surface area contributed by atoms with Crippen LogP contribution >= 0.6 is 11.3 Å². The van der Waals surface area contributed by atoms with E-state index in [2.05, 4.69) is 16.4 Å². The molecule has 148 valence electrons. The Morgan fingerprint density at radius 1 is 1.14 bits per heavy atom. The fraction of sp³-hybridized carbons (Fsp3) is 0.182. The fourth-order valence-corrected chi connectivity index (χ4v) is 3.48. The lowest BCUT2D eigenvalue weighted by Gasteiger charge is -2.09. The third kappa shape index (κ3) is 4.68. The second-order valence-electron chi connectivity index (χ2n) is 5.85. The molecule has 0 saturated heterocycles. The van der Waals surface area contributed by atoms with Gasteiger partial charge in [-0.15, -0.1) is 11.3 Å². The summed E-state index contributed by atoms with van der Waals surface area (Å²) in [5, 5.41) is 15.3. The molecule has 0 amide bonds. The normalized spacial score (nSPS) is 10.9. The monoisotopic (exact) mass is 407 g/mol. The van der Waals surface area contributed by atoms with Gasteiger partial charge in [0, 0.05) is 17.1 Å². The summed E-state index contributed by atoms with van der Waals surface area (Å²) in [5.74, 6) is 2.01. The number of hydrogen-bond donors (Lipinski definition) is 1. The van der Waals surface area contributed by atoms with Crippen LogP contribution in [-0.4, -0.2) is 25.8 Å². The smallest absolute Gasteiger partial charge is 0.161 e. The van der Waals surface area contributed by atoms with Gasteiger partial charge in [0.25, 0.3) is 0 Å². The maximum atomic E-state index is 9.60. The molecule has 0 unspecified atom stereocenters. The number of anilines is 1. The number of benzene rings is 2. The van der Waals surface area contributed by atoms with Crippen LogP contribution in [0.4, 0.5) is 5.69 Å². The van der Waals surface area contributed by atoms with Crippen molar-refractivity contribution < 1.29 is 14.2 Å². The number of allylic oxidation sites excluding steroid dienone is 1. The Bertz CT molecular complexity index is 1050. The van der Waals surface area contributed by atoms with Crippen LogP contribution in [0.2, 0.25) is 0 Å². The third-order valence-corrected chi connectivity index (χ3v) is 4.97. The number of thiazole rings is 1. The summed E-state index contributed by atoms with van der Waals surface area (Å²) in [7, 11) is 3.19. The van der Waals surface area contributed by atoms with Crippen molar-refractivity contribution in [2.75, 3.05) is 26.1 Å². The van der Waals surface area contributed by atoms with Gasteiger partial charge >= 0.3 is 0 Å². The molecule has 1 heterocycles. The third-order valence-electron chi connectivity index (χ3n) is 4.09. The molecule has 0 aliphatic carbocycles. The minimum Gasteiger partial charge on any atom is -0.493 e. The molecule has 29 heavy (non-hydrogen) atoms. The van der Waals surface area contributed by atoms with E-state index in [0.717, 1.165) is 22.7 Å². The Morgan fingerprint density at radius 3 is 2.66 bits per heavy atom. The lowest BCUT2D eigenvalue weighted by molar-refractivity contribution is 0.342. The summed E-state index contributed by atoms with van der Waals surface area (Å²) in [5.41, 5.74) is 2.88. The van der Waals surface area contributed by atoms with Crippen LogP contribution in [0.25, 0.3) is 16.8 Å². The number of aromatic nitrogens is 1. The van der Waals surface area contributed by atoms with Crippen molar-refractivity contribution in [3.63, 3.8) is 0 Å². The number of nitrogens with one attached hydrogen (secondary N) is 1. The molecule has 0 atom stereocenters. The molecule has 3 rings (SSSR count). The van der Waals surface area contributed by atoms with E-state index in [-0.39, 0.29) is 0 Å². The highest BCUT2D eigenvalue weighted by Crippen LogP contribution is 2.33. The highest BCUT2D eigenvalue weighted by atomic mass is 32.1. The first-order valence-corrected chi connectivity index (χ1v) is 9.85. The van der Waals surface area contributed by atoms with Crippen molar-refractivity contribution in [3.05, 3.63) is 59.1 Å². The first-order chi connectivity index (χ1) is 14.2. The molecular weight excluding hydrogens is 386 g/mol. The Morgan fingerprint density at radius 2 is 1.93 bits per heavy atom. The number of ether oxygens (including phenoxy) is 3. The van der Waals surface area contributed by atoms with Crippen LogP contribution in [0.3, 0.4) is 0 Å². The second kappa shape index (κ2) is 9.62. The van der Waals surface area contributed by atoms with Gasteiger partial charge in [-0.05, 0) is 37.3 Å². The summed E-state index contributed by atoms with van der Waals surface area (Å²) in [4.78, 5) is 4.61. The van der Waals surface area contributed by atoms with E-state index < -0.39 is 0 Å². The van der Waals surface area contributed by atoms with E-state index in [1.807, 2.05) is 54.8 Å². The largest absolute Gasteiger partial charge is 0.493 e. The number of para-hydroxylation sites is 2.